The molecule has 0 atom stereocenters. The molecule has 2 aromatic rings. The van der Waals surface area contributed by atoms with E-state index in [2.05, 4.69) is 0 Å². The number of nitrogens with zero attached hydrogens (tertiary/aromatic N) is 1. The average molecular weight is 279 g/mol. The molecule has 0 radical (unpaired) electrons. The highest BCUT2D eigenvalue weighted by atomic mass is 32.2. The zero-order chi connectivity index (χ0) is 14.0. The molecule has 0 unspecified atom stereocenters. The summed E-state index contributed by atoms with van der Waals surface area (Å²) in [7, 11) is 3.25. The SMILES string of the molecule is COc1ccc2c(c1)c(SCC(=O)O)cc(=O)n2C. The second kappa shape index (κ2) is 5.36. The first-order valence-electron chi connectivity index (χ1n) is 5.55. The highest BCUT2D eigenvalue weighted by molar-refractivity contribution is 8.00. The summed E-state index contributed by atoms with van der Waals surface area (Å²) in [6, 6.07) is 6.82. The number of rotatable bonds is 4. The molecular formula is C13H13NO4S. The molecule has 0 aliphatic rings. The first kappa shape index (κ1) is 13.5. The molecule has 2 rings (SSSR count). The van der Waals surface area contributed by atoms with Crippen LogP contribution in [0.3, 0.4) is 0 Å². The molecule has 1 aromatic heterocycles. The van der Waals surface area contributed by atoms with Gasteiger partial charge in [0.05, 0.1) is 18.4 Å². The summed E-state index contributed by atoms with van der Waals surface area (Å²) in [4.78, 5) is 23.1. The fraction of sp³-hybridized carbons (Fsp3) is 0.231. The molecule has 0 fully saturated rings. The average Bonchev–Trinajstić information content (AvgIpc) is 2.40. The molecule has 100 valence electrons. The van der Waals surface area contributed by atoms with Gasteiger partial charge in [0.25, 0.3) is 5.56 Å². The molecule has 0 spiro atoms. The third-order valence-electron chi connectivity index (χ3n) is 2.77. The van der Waals surface area contributed by atoms with E-state index in [9.17, 15) is 9.59 Å². The van der Waals surface area contributed by atoms with Gasteiger partial charge in [0.1, 0.15) is 5.75 Å². The zero-order valence-electron chi connectivity index (χ0n) is 10.5. The summed E-state index contributed by atoms with van der Waals surface area (Å²) in [6.07, 6.45) is 0. The van der Waals surface area contributed by atoms with Crippen molar-refractivity contribution in [3.8, 4) is 5.75 Å². The summed E-state index contributed by atoms with van der Waals surface area (Å²) < 4.78 is 6.69. The first-order valence-corrected chi connectivity index (χ1v) is 6.54. The Balaban J connectivity index is 2.63. The van der Waals surface area contributed by atoms with E-state index in [-0.39, 0.29) is 11.3 Å². The van der Waals surface area contributed by atoms with Crippen LogP contribution in [0.2, 0.25) is 0 Å². The lowest BCUT2D eigenvalue weighted by molar-refractivity contribution is -0.133. The molecule has 0 aliphatic heterocycles. The highest BCUT2D eigenvalue weighted by Gasteiger charge is 2.10. The Morgan fingerprint density at radius 3 is 2.79 bits per heavy atom. The predicted octanol–water partition coefficient (Wildman–Crippen LogP) is 1.72. The molecule has 0 saturated carbocycles. The number of methoxy groups -OCH3 is 1. The lowest BCUT2D eigenvalue weighted by Gasteiger charge is -2.10. The number of aryl methyl sites for hydroxylation is 1. The van der Waals surface area contributed by atoms with Crippen LogP contribution in [0.15, 0.2) is 34.0 Å². The maximum Gasteiger partial charge on any atom is 0.313 e. The lowest BCUT2D eigenvalue weighted by Crippen LogP contribution is -2.16. The minimum absolute atomic E-state index is 0.0839. The van der Waals surface area contributed by atoms with Crippen LogP contribution in [-0.4, -0.2) is 28.5 Å². The van der Waals surface area contributed by atoms with E-state index in [0.717, 1.165) is 22.7 Å². The van der Waals surface area contributed by atoms with Crippen molar-refractivity contribution in [2.24, 2.45) is 7.05 Å². The molecule has 0 aliphatic carbocycles. The van der Waals surface area contributed by atoms with Gasteiger partial charge in [-0.1, -0.05) is 0 Å². The van der Waals surface area contributed by atoms with E-state index in [1.165, 1.54) is 10.6 Å². The molecule has 6 heteroatoms. The third-order valence-corrected chi connectivity index (χ3v) is 3.81. The number of fused-ring (bicyclic) bond motifs is 1. The Labute approximate surface area is 113 Å². The van der Waals surface area contributed by atoms with Crippen molar-refractivity contribution in [3.63, 3.8) is 0 Å². The molecule has 0 amide bonds. The van der Waals surface area contributed by atoms with E-state index in [1.54, 1.807) is 32.4 Å². The van der Waals surface area contributed by atoms with E-state index >= 15 is 0 Å². The van der Waals surface area contributed by atoms with Crippen LogP contribution < -0.4 is 10.3 Å². The monoisotopic (exact) mass is 279 g/mol. The topological polar surface area (TPSA) is 68.5 Å². The molecule has 5 nitrogen and oxygen atoms in total. The Morgan fingerprint density at radius 1 is 1.42 bits per heavy atom. The maximum absolute atomic E-state index is 11.8. The third kappa shape index (κ3) is 2.73. The van der Waals surface area contributed by atoms with Crippen LogP contribution in [0.5, 0.6) is 5.75 Å². The van der Waals surface area contributed by atoms with Crippen LogP contribution in [0, 0.1) is 0 Å². The number of benzene rings is 1. The van der Waals surface area contributed by atoms with Crippen molar-refractivity contribution in [1.29, 1.82) is 0 Å². The largest absolute Gasteiger partial charge is 0.497 e. The molecule has 1 aromatic carbocycles. The van der Waals surface area contributed by atoms with Gasteiger partial charge in [-0.3, -0.25) is 9.59 Å². The fourth-order valence-corrected chi connectivity index (χ4v) is 2.58. The van der Waals surface area contributed by atoms with E-state index in [1.807, 2.05) is 0 Å². The van der Waals surface area contributed by atoms with Crippen molar-refractivity contribution in [3.05, 3.63) is 34.6 Å². The number of aliphatic carboxylic acids is 1. The van der Waals surface area contributed by atoms with Crippen molar-refractivity contribution in [1.82, 2.24) is 4.57 Å². The number of carbonyl (C=O) groups is 1. The van der Waals surface area contributed by atoms with Gasteiger partial charge in [0.2, 0.25) is 0 Å². The number of pyridine rings is 1. The van der Waals surface area contributed by atoms with Crippen LogP contribution in [0.1, 0.15) is 0 Å². The van der Waals surface area contributed by atoms with Gasteiger partial charge in [0, 0.05) is 23.4 Å². The summed E-state index contributed by atoms with van der Waals surface area (Å²) in [5.74, 6) is -0.329. The summed E-state index contributed by atoms with van der Waals surface area (Å²) in [6.45, 7) is 0. The van der Waals surface area contributed by atoms with Crippen molar-refractivity contribution in [2.45, 2.75) is 4.90 Å². The number of ether oxygens (including phenoxy) is 1. The minimum Gasteiger partial charge on any atom is -0.497 e. The summed E-state index contributed by atoms with van der Waals surface area (Å²) >= 11 is 1.13. The molecule has 19 heavy (non-hydrogen) atoms. The van der Waals surface area contributed by atoms with Crippen molar-refractivity contribution < 1.29 is 14.6 Å². The number of hydrogen-bond donors (Lipinski definition) is 1. The lowest BCUT2D eigenvalue weighted by atomic mass is 10.2. The number of carboxylic acid groups (broad SMARTS) is 1. The van der Waals surface area contributed by atoms with Gasteiger partial charge in [-0.05, 0) is 18.2 Å². The highest BCUT2D eigenvalue weighted by Crippen LogP contribution is 2.29. The maximum atomic E-state index is 11.8. The second-order valence-electron chi connectivity index (χ2n) is 3.97. The minimum atomic E-state index is -0.915. The van der Waals surface area contributed by atoms with Crippen LogP contribution >= 0.6 is 11.8 Å². The zero-order valence-corrected chi connectivity index (χ0v) is 11.4. The molecule has 0 bridgehead atoms. The fourth-order valence-electron chi connectivity index (χ4n) is 1.80. The van der Waals surface area contributed by atoms with Gasteiger partial charge in [-0.25, -0.2) is 0 Å². The van der Waals surface area contributed by atoms with Gasteiger partial charge in [-0.15, -0.1) is 11.8 Å². The molecule has 1 N–H and O–H groups in total. The van der Waals surface area contributed by atoms with E-state index < -0.39 is 5.97 Å². The first-order chi connectivity index (χ1) is 9.02. The number of carboxylic acids is 1. The van der Waals surface area contributed by atoms with Gasteiger partial charge >= 0.3 is 5.97 Å². The molecular weight excluding hydrogens is 266 g/mol. The summed E-state index contributed by atoms with van der Waals surface area (Å²) in [5.41, 5.74) is 0.590. The van der Waals surface area contributed by atoms with Crippen molar-refractivity contribution >= 4 is 28.6 Å². The molecule has 1 heterocycles. The van der Waals surface area contributed by atoms with E-state index in [4.69, 9.17) is 9.84 Å². The number of hydrogen-bond acceptors (Lipinski definition) is 4. The van der Waals surface area contributed by atoms with Gasteiger partial charge in [-0.2, -0.15) is 0 Å². The normalized spacial score (nSPS) is 10.6. The van der Waals surface area contributed by atoms with Crippen molar-refractivity contribution in [2.75, 3.05) is 12.9 Å². The summed E-state index contributed by atoms with van der Waals surface area (Å²) in [5, 5.41) is 9.56. The van der Waals surface area contributed by atoms with Crippen LogP contribution in [-0.2, 0) is 11.8 Å². The van der Waals surface area contributed by atoms with Crippen LogP contribution in [0.4, 0.5) is 0 Å². The second-order valence-corrected chi connectivity index (χ2v) is 4.99. The number of aromatic nitrogens is 1. The van der Waals surface area contributed by atoms with E-state index in [0.29, 0.717) is 10.6 Å². The van der Waals surface area contributed by atoms with Gasteiger partial charge < -0.3 is 14.4 Å². The standard InChI is InChI=1S/C13H13NO4S/c1-14-10-4-3-8(18-2)5-9(10)11(6-12(14)15)19-7-13(16)17/h3-6H,7H2,1-2H3,(H,16,17). The quantitative estimate of drug-likeness (QED) is 0.863. The predicted molar refractivity (Wildman–Crippen MR) is 74.1 cm³/mol. The van der Waals surface area contributed by atoms with Crippen LogP contribution in [0.25, 0.3) is 10.9 Å². The van der Waals surface area contributed by atoms with Gasteiger partial charge in [0.15, 0.2) is 0 Å². The smallest absolute Gasteiger partial charge is 0.313 e. The Kier molecular flexibility index (Phi) is 3.80. The molecule has 0 saturated heterocycles. The Hall–Kier alpha value is -1.95. The number of thioether (sulfide) groups is 1. The Morgan fingerprint density at radius 2 is 2.16 bits per heavy atom. The Bertz CT molecular complexity index is 693.